The highest BCUT2D eigenvalue weighted by Gasteiger charge is 2.19. The predicted molar refractivity (Wildman–Crippen MR) is 101 cm³/mol. The molecule has 3 aromatic rings. The molecule has 0 aliphatic rings. The standard InChI is InChI=1S/C20H22N2OS/c1-4-14(3)21-20(23)18-19(16-7-5-6-8-17(16)22-18)24-15-11-9-13(2)10-12-15/h5-12,14,22H,4H2,1-3H3,(H,21,23)/t14-/m1/s1. The van der Waals surface area contributed by atoms with E-state index in [4.69, 9.17) is 0 Å². The molecule has 2 N–H and O–H groups in total. The molecule has 1 amide bonds. The van der Waals surface area contributed by atoms with Gasteiger partial charge in [0.2, 0.25) is 0 Å². The summed E-state index contributed by atoms with van der Waals surface area (Å²) in [7, 11) is 0. The van der Waals surface area contributed by atoms with E-state index in [2.05, 4.69) is 54.5 Å². The topological polar surface area (TPSA) is 44.9 Å². The summed E-state index contributed by atoms with van der Waals surface area (Å²) in [6.45, 7) is 6.16. The average Bonchev–Trinajstić information content (AvgIpc) is 2.95. The molecule has 4 heteroatoms. The lowest BCUT2D eigenvalue weighted by Crippen LogP contribution is -2.32. The summed E-state index contributed by atoms with van der Waals surface area (Å²) in [5.41, 5.74) is 2.86. The molecule has 0 fully saturated rings. The Bertz CT molecular complexity index is 852. The summed E-state index contributed by atoms with van der Waals surface area (Å²) in [5, 5.41) is 4.14. The van der Waals surface area contributed by atoms with Gasteiger partial charge >= 0.3 is 0 Å². The molecule has 3 rings (SSSR count). The Morgan fingerprint density at radius 1 is 1.17 bits per heavy atom. The van der Waals surface area contributed by atoms with Gasteiger partial charge in [0.1, 0.15) is 5.69 Å². The van der Waals surface area contributed by atoms with E-state index in [0.717, 1.165) is 27.1 Å². The lowest BCUT2D eigenvalue weighted by Gasteiger charge is -2.11. The number of rotatable bonds is 5. The number of benzene rings is 2. The first-order valence-corrected chi connectivity index (χ1v) is 9.06. The Balaban J connectivity index is 2.01. The van der Waals surface area contributed by atoms with Gasteiger partial charge in [-0.2, -0.15) is 0 Å². The van der Waals surface area contributed by atoms with Crippen LogP contribution in [0, 0.1) is 6.92 Å². The van der Waals surface area contributed by atoms with Crippen molar-refractivity contribution in [2.24, 2.45) is 0 Å². The zero-order valence-corrected chi connectivity index (χ0v) is 15.0. The maximum atomic E-state index is 12.7. The smallest absolute Gasteiger partial charge is 0.269 e. The summed E-state index contributed by atoms with van der Waals surface area (Å²) in [4.78, 5) is 18.1. The van der Waals surface area contributed by atoms with Crippen LogP contribution in [0.25, 0.3) is 10.9 Å². The van der Waals surface area contributed by atoms with Crippen molar-refractivity contribution in [1.82, 2.24) is 10.3 Å². The van der Waals surface area contributed by atoms with Crippen LogP contribution < -0.4 is 5.32 Å². The van der Waals surface area contributed by atoms with Crippen LogP contribution in [0.2, 0.25) is 0 Å². The Morgan fingerprint density at radius 3 is 2.58 bits per heavy atom. The van der Waals surface area contributed by atoms with E-state index >= 15 is 0 Å². The molecule has 0 unspecified atom stereocenters. The first kappa shape index (κ1) is 16.7. The zero-order valence-electron chi connectivity index (χ0n) is 14.2. The van der Waals surface area contributed by atoms with Gasteiger partial charge in [0, 0.05) is 21.8 Å². The van der Waals surface area contributed by atoms with E-state index in [1.165, 1.54) is 5.56 Å². The second kappa shape index (κ2) is 7.14. The average molecular weight is 338 g/mol. The maximum absolute atomic E-state index is 12.7. The largest absolute Gasteiger partial charge is 0.350 e. The zero-order chi connectivity index (χ0) is 17.1. The Labute approximate surface area is 146 Å². The molecule has 0 spiro atoms. The van der Waals surface area contributed by atoms with Crippen molar-refractivity contribution in [3.05, 3.63) is 59.8 Å². The fourth-order valence-corrected chi connectivity index (χ4v) is 3.55. The van der Waals surface area contributed by atoms with E-state index in [9.17, 15) is 4.79 Å². The number of fused-ring (bicyclic) bond motifs is 1. The molecular weight excluding hydrogens is 316 g/mol. The van der Waals surface area contributed by atoms with Crippen molar-refractivity contribution in [1.29, 1.82) is 0 Å². The van der Waals surface area contributed by atoms with E-state index in [1.54, 1.807) is 11.8 Å². The number of aryl methyl sites for hydroxylation is 1. The van der Waals surface area contributed by atoms with Crippen LogP contribution >= 0.6 is 11.8 Å². The predicted octanol–water partition coefficient (Wildman–Crippen LogP) is 5.16. The summed E-state index contributed by atoms with van der Waals surface area (Å²) < 4.78 is 0. The van der Waals surface area contributed by atoms with Crippen molar-refractivity contribution in [2.45, 2.75) is 43.0 Å². The van der Waals surface area contributed by atoms with Gasteiger partial charge in [-0.15, -0.1) is 0 Å². The number of nitrogens with one attached hydrogen (secondary N) is 2. The minimum atomic E-state index is -0.0461. The fraction of sp³-hybridized carbons (Fsp3) is 0.250. The molecule has 0 bridgehead atoms. The molecule has 0 aliphatic heterocycles. The fourth-order valence-electron chi connectivity index (χ4n) is 2.50. The third-order valence-electron chi connectivity index (χ3n) is 4.12. The molecular formula is C20H22N2OS. The van der Waals surface area contributed by atoms with Crippen LogP contribution in [0.3, 0.4) is 0 Å². The molecule has 24 heavy (non-hydrogen) atoms. The van der Waals surface area contributed by atoms with Crippen LogP contribution in [-0.4, -0.2) is 16.9 Å². The maximum Gasteiger partial charge on any atom is 0.269 e. The van der Waals surface area contributed by atoms with Crippen LogP contribution in [0.4, 0.5) is 0 Å². The minimum Gasteiger partial charge on any atom is -0.350 e. The first-order chi connectivity index (χ1) is 11.6. The molecule has 124 valence electrons. The van der Waals surface area contributed by atoms with Gasteiger partial charge in [-0.3, -0.25) is 4.79 Å². The van der Waals surface area contributed by atoms with Gasteiger partial charge in [0.15, 0.2) is 0 Å². The summed E-state index contributed by atoms with van der Waals surface area (Å²) >= 11 is 1.63. The number of hydrogen-bond donors (Lipinski definition) is 2. The summed E-state index contributed by atoms with van der Waals surface area (Å²) in [6.07, 6.45) is 0.909. The second-order valence-corrected chi connectivity index (χ2v) is 7.16. The number of amides is 1. The number of carbonyl (C=O) groups excluding carboxylic acids is 1. The van der Waals surface area contributed by atoms with Gasteiger partial charge < -0.3 is 10.3 Å². The van der Waals surface area contributed by atoms with Crippen LogP contribution in [0.15, 0.2) is 58.3 Å². The molecule has 0 aliphatic carbocycles. The van der Waals surface area contributed by atoms with Crippen molar-refractivity contribution in [2.75, 3.05) is 0 Å². The normalized spacial score (nSPS) is 12.3. The molecule has 1 aromatic heterocycles. The molecule has 0 saturated heterocycles. The number of hydrogen-bond acceptors (Lipinski definition) is 2. The molecule has 1 heterocycles. The summed E-state index contributed by atoms with van der Waals surface area (Å²) in [5.74, 6) is -0.0461. The number of para-hydroxylation sites is 1. The molecule has 0 saturated carbocycles. The Kier molecular flexibility index (Phi) is 4.95. The van der Waals surface area contributed by atoms with E-state index < -0.39 is 0 Å². The number of aromatic amines is 1. The molecule has 0 radical (unpaired) electrons. The van der Waals surface area contributed by atoms with Gasteiger partial charge in [-0.1, -0.05) is 54.6 Å². The van der Waals surface area contributed by atoms with Gasteiger partial charge in [0.25, 0.3) is 5.91 Å². The van der Waals surface area contributed by atoms with Gasteiger partial charge in [-0.05, 0) is 38.5 Å². The lowest BCUT2D eigenvalue weighted by atomic mass is 10.2. The van der Waals surface area contributed by atoms with Crippen LogP contribution in [0.1, 0.15) is 36.3 Å². The number of H-pyrrole nitrogens is 1. The quantitative estimate of drug-likeness (QED) is 0.675. The Morgan fingerprint density at radius 2 is 1.88 bits per heavy atom. The van der Waals surface area contributed by atoms with Crippen molar-refractivity contribution in [3.63, 3.8) is 0 Å². The van der Waals surface area contributed by atoms with Crippen molar-refractivity contribution >= 4 is 28.6 Å². The minimum absolute atomic E-state index is 0.0461. The van der Waals surface area contributed by atoms with E-state index in [1.807, 2.05) is 25.1 Å². The third-order valence-corrected chi connectivity index (χ3v) is 5.25. The summed E-state index contributed by atoms with van der Waals surface area (Å²) in [6, 6.07) is 16.6. The van der Waals surface area contributed by atoms with E-state index in [0.29, 0.717) is 5.69 Å². The van der Waals surface area contributed by atoms with Crippen molar-refractivity contribution in [3.8, 4) is 0 Å². The number of aromatic nitrogens is 1. The SMILES string of the molecule is CC[C@@H](C)NC(=O)c1[nH]c2ccccc2c1Sc1ccc(C)cc1. The highest BCUT2D eigenvalue weighted by atomic mass is 32.2. The van der Waals surface area contributed by atoms with Crippen LogP contribution in [-0.2, 0) is 0 Å². The van der Waals surface area contributed by atoms with Gasteiger partial charge in [0.05, 0.1) is 4.90 Å². The van der Waals surface area contributed by atoms with Crippen molar-refractivity contribution < 1.29 is 4.79 Å². The molecule has 2 aromatic carbocycles. The first-order valence-electron chi connectivity index (χ1n) is 8.24. The highest BCUT2D eigenvalue weighted by Crippen LogP contribution is 2.36. The second-order valence-electron chi connectivity index (χ2n) is 6.07. The number of carbonyl (C=O) groups is 1. The highest BCUT2D eigenvalue weighted by molar-refractivity contribution is 7.99. The van der Waals surface area contributed by atoms with Crippen LogP contribution in [0.5, 0.6) is 0 Å². The lowest BCUT2D eigenvalue weighted by molar-refractivity contribution is 0.0932. The third kappa shape index (κ3) is 3.49. The molecule has 3 nitrogen and oxygen atoms in total. The molecule has 1 atom stereocenters. The Hall–Kier alpha value is -2.20. The van der Waals surface area contributed by atoms with E-state index in [-0.39, 0.29) is 11.9 Å². The van der Waals surface area contributed by atoms with Gasteiger partial charge in [-0.25, -0.2) is 0 Å². The monoisotopic (exact) mass is 338 g/mol.